The van der Waals surface area contributed by atoms with Crippen molar-refractivity contribution in [3.8, 4) is 0 Å². The summed E-state index contributed by atoms with van der Waals surface area (Å²) in [5.41, 5.74) is 3.17. The second-order valence-electron chi connectivity index (χ2n) is 7.50. The molecule has 0 aliphatic heterocycles. The van der Waals surface area contributed by atoms with Gasteiger partial charge in [-0.25, -0.2) is 0 Å². The van der Waals surface area contributed by atoms with Crippen molar-refractivity contribution in [3.63, 3.8) is 0 Å². The van der Waals surface area contributed by atoms with Crippen molar-refractivity contribution < 1.29 is 9.90 Å². The van der Waals surface area contributed by atoms with Crippen LogP contribution in [0.1, 0.15) is 57.4 Å². The summed E-state index contributed by atoms with van der Waals surface area (Å²) in [6, 6.07) is 9.69. The molecule has 1 aromatic heterocycles. The number of aliphatic carboxylic acids is 1. The minimum Gasteiger partial charge on any atom is -0.480 e. The molecule has 2 N–H and O–H groups in total. The van der Waals surface area contributed by atoms with E-state index in [0.717, 1.165) is 17.7 Å². The number of benzene rings is 1. The van der Waals surface area contributed by atoms with Crippen molar-refractivity contribution in [1.29, 1.82) is 0 Å². The zero-order valence-corrected chi connectivity index (χ0v) is 15.6. The number of nitrogens with zero attached hydrogens (tertiary/aromatic N) is 2. The van der Waals surface area contributed by atoms with Gasteiger partial charge < -0.3 is 10.4 Å². The molecule has 1 aromatic carbocycles. The molecule has 5 nitrogen and oxygen atoms in total. The zero-order valence-electron chi connectivity index (χ0n) is 15.6. The van der Waals surface area contributed by atoms with E-state index in [4.69, 9.17) is 5.10 Å². The molecule has 136 valence electrons. The van der Waals surface area contributed by atoms with Gasteiger partial charge in [0.05, 0.1) is 12.2 Å². The van der Waals surface area contributed by atoms with E-state index in [9.17, 15) is 9.90 Å². The lowest BCUT2D eigenvalue weighted by Gasteiger charge is -2.19. The van der Waals surface area contributed by atoms with Gasteiger partial charge in [0, 0.05) is 23.7 Å². The maximum Gasteiger partial charge on any atom is 0.320 e. The second-order valence-corrected chi connectivity index (χ2v) is 7.50. The summed E-state index contributed by atoms with van der Waals surface area (Å²) in [4.78, 5) is 11.4. The zero-order chi connectivity index (χ0) is 18.4. The molecule has 0 fully saturated rings. The summed E-state index contributed by atoms with van der Waals surface area (Å²) >= 11 is 0. The molecular formula is C20H29N3O2. The van der Waals surface area contributed by atoms with Gasteiger partial charge in [0.2, 0.25) is 0 Å². The number of aromatic nitrogens is 2. The first-order valence-corrected chi connectivity index (χ1v) is 8.88. The van der Waals surface area contributed by atoms with Gasteiger partial charge in [-0.3, -0.25) is 9.48 Å². The van der Waals surface area contributed by atoms with Gasteiger partial charge in [0.1, 0.15) is 6.04 Å². The molecule has 5 heteroatoms. The van der Waals surface area contributed by atoms with E-state index in [1.807, 2.05) is 36.0 Å². The number of hydrogen-bond acceptors (Lipinski definition) is 3. The van der Waals surface area contributed by atoms with E-state index in [1.165, 1.54) is 5.56 Å². The van der Waals surface area contributed by atoms with Crippen molar-refractivity contribution in [3.05, 3.63) is 53.3 Å². The summed E-state index contributed by atoms with van der Waals surface area (Å²) < 4.78 is 1.95. The number of rotatable bonds is 8. The highest BCUT2D eigenvalue weighted by molar-refractivity contribution is 5.73. The SMILES string of the molecule is CCCC(NCc1cn(Cc2ccccc2)nc1C(C)(C)C)C(=O)O. The number of carbonyl (C=O) groups is 1. The van der Waals surface area contributed by atoms with Gasteiger partial charge in [-0.1, -0.05) is 64.4 Å². The topological polar surface area (TPSA) is 67.2 Å². The largest absolute Gasteiger partial charge is 0.480 e. The van der Waals surface area contributed by atoms with Crippen LogP contribution in [0.4, 0.5) is 0 Å². The number of nitrogens with one attached hydrogen (secondary N) is 1. The molecule has 2 aromatic rings. The molecule has 0 aliphatic carbocycles. The molecular weight excluding hydrogens is 314 g/mol. The second kappa shape index (κ2) is 8.30. The van der Waals surface area contributed by atoms with Crippen LogP contribution in [0.2, 0.25) is 0 Å². The van der Waals surface area contributed by atoms with Crippen LogP contribution < -0.4 is 5.32 Å². The van der Waals surface area contributed by atoms with E-state index in [1.54, 1.807) is 0 Å². The van der Waals surface area contributed by atoms with Crippen molar-refractivity contribution >= 4 is 5.97 Å². The first-order valence-electron chi connectivity index (χ1n) is 8.88. The summed E-state index contributed by atoms with van der Waals surface area (Å²) in [6.45, 7) is 9.61. The highest BCUT2D eigenvalue weighted by Gasteiger charge is 2.24. The molecule has 0 saturated carbocycles. The standard InChI is InChI=1S/C20H29N3O2/c1-5-9-17(19(24)25)21-12-16-14-23(22-18(16)20(2,3)4)13-15-10-7-6-8-11-15/h6-8,10-11,14,17,21H,5,9,12-13H2,1-4H3,(H,24,25). The molecule has 0 saturated heterocycles. The Bertz CT molecular complexity index is 687. The van der Waals surface area contributed by atoms with Gasteiger partial charge in [-0.2, -0.15) is 5.10 Å². The fourth-order valence-electron chi connectivity index (χ4n) is 2.91. The lowest BCUT2D eigenvalue weighted by molar-refractivity contribution is -0.139. The summed E-state index contributed by atoms with van der Waals surface area (Å²) in [7, 11) is 0. The maximum absolute atomic E-state index is 11.4. The van der Waals surface area contributed by atoms with E-state index < -0.39 is 12.0 Å². The van der Waals surface area contributed by atoms with Crippen LogP contribution in [-0.4, -0.2) is 26.9 Å². The van der Waals surface area contributed by atoms with Crippen LogP contribution in [0.3, 0.4) is 0 Å². The smallest absolute Gasteiger partial charge is 0.320 e. The Morgan fingerprint density at radius 1 is 1.28 bits per heavy atom. The Labute approximate surface area is 150 Å². The molecule has 0 radical (unpaired) electrons. The van der Waals surface area contributed by atoms with Gasteiger partial charge in [-0.05, 0) is 12.0 Å². The fourth-order valence-corrected chi connectivity index (χ4v) is 2.91. The molecule has 0 amide bonds. The van der Waals surface area contributed by atoms with E-state index >= 15 is 0 Å². The van der Waals surface area contributed by atoms with E-state index in [2.05, 4.69) is 38.2 Å². The Balaban J connectivity index is 2.19. The van der Waals surface area contributed by atoms with Crippen LogP contribution in [0.15, 0.2) is 36.5 Å². The van der Waals surface area contributed by atoms with Crippen molar-refractivity contribution in [2.24, 2.45) is 0 Å². The van der Waals surface area contributed by atoms with Crippen LogP contribution in [-0.2, 0) is 23.3 Å². The van der Waals surface area contributed by atoms with Crippen molar-refractivity contribution in [2.75, 3.05) is 0 Å². The van der Waals surface area contributed by atoms with E-state index in [0.29, 0.717) is 19.5 Å². The fraction of sp³-hybridized carbons (Fsp3) is 0.500. The normalized spacial score (nSPS) is 13.0. The first-order chi connectivity index (χ1) is 11.8. The van der Waals surface area contributed by atoms with Gasteiger partial charge in [0.25, 0.3) is 0 Å². The van der Waals surface area contributed by atoms with Crippen LogP contribution >= 0.6 is 0 Å². The van der Waals surface area contributed by atoms with Gasteiger partial charge in [-0.15, -0.1) is 0 Å². The molecule has 1 unspecified atom stereocenters. The molecule has 0 aliphatic rings. The summed E-state index contributed by atoms with van der Waals surface area (Å²) in [6.07, 6.45) is 3.49. The molecule has 0 bridgehead atoms. The predicted molar refractivity (Wildman–Crippen MR) is 99.6 cm³/mol. The van der Waals surface area contributed by atoms with Crippen LogP contribution in [0.5, 0.6) is 0 Å². The summed E-state index contributed by atoms with van der Waals surface area (Å²) in [5, 5.41) is 17.3. The van der Waals surface area contributed by atoms with Gasteiger partial charge >= 0.3 is 5.97 Å². The molecule has 1 heterocycles. The maximum atomic E-state index is 11.4. The van der Waals surface area contributed by atoms with Crippen molar-refractivity contribution in [2.45, 2.75) is 65.1 Å². The van der Waals surface area contributed by atoms with E-state index in [-0.39, 0.29) is 5.41 Å². The van der Waals surface area contributed by atoms with Crippen molar-refractivity contribution in [1.82, 2.24) is 15.1 Å². The monoisotopic (exact) mass is 343 g/mol. The lowest BCUT2D eigenvalue weighted by atomic mass is 9.89. The average Bonchev–Trinajstić information content (AvgIpc) is 2.95. The van der Waals surface area contributed by atoms with Gasteiger partial charge in [0.15, 0.2) is 0 Å². The third kappa shape index (κ3) is 5.43. The average molecular weight is 343 g/mol. The number of carboxylic acids is 1. The van der Waals surface area contributed by atoms with Crippen LogP contribution in [0, 0.1) is 0 Å². The molecule has 0 spiro atoms. The Morgan fingerprint density at radius 2 is 1.96 bits per heavy atom. The first kappa shape index (κ1) is 19.2. The minimum absolute atomic E-state index is 0.0948. The Morgan fingerprint density at radius 3 is 2.52 bits per heavy atom. The Kier molecular flexibility index (Phi) is 6.37. The number of carboxylic acid groups (broad SMARTS) is 1. The molecule has 2 rings (SSSR count). The minimum atomic E-state index is -0.796. The Hall–Kier alpha value is -2.14. The quantitative estimate of drug-likeness (QED) is 0.769. The third-order valence-electron chi connectivity index (χ3n) is 4.15. The van der Waals surface area contributed by atoms with Crippen LogP contribution in [0.25, 0.3) is 0 Å². The molecule has 25 heavy (non-hydrogen) atoms. The predicted octanol–water partition coefficient (Wildman–Crippen LogP) is 3.57. The highest BCUT2D eigenvalue weighted by Crippen LogP contribution is 2.25. The number of hydrogen-bond donors (Lipinski definition) is 2. The lowest BCUT2D eigenvalue weighted by Crippen LogP contribution is -2.36. The highest BCUT2D eigenvalue weighted by atomic mass is 16.4. The third-order valence-corrected chi connectivity index (χ3v) is 4.15. The molecule has 1 atom stereocenters. The summed E-state index contributed by atoms with van der Waals surface area (Å²) in [5.74, 6) is -0.796.